The zero-order valence-corrected chi connectivity index (χ0v) is 8.31. The molecule has 0 atom stereocenters. The fourth-order valence-electron chi connectivity index (χ4n) is 1.59. The average Bonchev–Trinajstić information content (AvgIpc) is 2.77. The number of aromatic amines is 1. The third kappa shape index (κ3) is 1.44. The lowest BCUT2D eigenvalue weighted by atomic mass is 10.1. The molecule has 0 aliphatic heterocycles. The Labute approximate surface area is 91.0 Å². The second kappa shape index (κ2) is 3.41. The highest BCUT2D eigenvalue weighted by molar-refractivity contribution is 5.73. The predicted octanol–water partition coefficient (Wildman–Crippen LogP) is 2.76. The third-order valence-corrected chi connectivity index (χ3v) is 2.40. The van der Waals surface area contributed by atoms with Crippen molar-refractivity contribution in [2.24, 2.45) is 0 Å². The number of benzene rings is 1. The van der Waals surface area contributed by atoms with Gasteiger partial charge in [0.25, 0.3) is 0 Å². The zero-order valence-electron chi connectivity index (χ0n) is 8.31. The Morgan fingerprint density at radius 1 is 1.06 bits per heavy atom. The summed E-state index contributed by atoms with van der Waals surface area (Å²) in [5.41, 5.74) is 3.16. The molecule has 0 bridgehead atoms. The molecule has 1 aromatic carbocycles. The van der Waals surface area contributed by atoms with Crippen LogP contribution in [0, 0.1) is 5.82 Å². The van der Waals surface area contributed by atoms with Crippen molar-refractivity contribution in [3.63, 3.8) is 0 Å². The number of rotatable bonds is 1. The van der Waals surface area contributed by atoms with Crippen molar-refractivity contribution in [3.8, 4) is 11.3 Å². The van der Waals surface area contributed by atoms with Crippen molar-refractivity contribution in [2.75, 3.05) is 0 Å². The molecule has 2 aromatic heterocycles. The average molecular weight is 213 g/mol. The summed E-state index contributed by atoms with van der Waals surface area (Å²) in [6.45, 7) is 0. The van der Waals surface area contributed by atoms with Crippen LogP contribution in [0.25, 0.3) is 22.4 Å². The van der Waals surface area contributed by atoms with Crippen molar-refractivity contribution >= 4 is 11.2 Å². The number of nitrogens with one attached hydrogen (secondary N) is 1. The van der Waals surface area contributed by atoms with Crippen LogP contribution in [0.1, 0.15) is 0 Å². The Balaban J connectivity index is 2.14. The molecule has 0 unspecified atom stereocenters. The van der Waals surface area contributed by atoms with Crippen molar-refractivity contribution in [2.45, 2.75) is 0 Å². The maximum absolute atomic E-state index is 12.8. The first-order chi connectivity index (χ1) is 7.83. The zero-order chi connectivity index (χ0) is 11.0. The molecule has 0 spiro atoms. The van der Waals surface area contributed by atoms with E-state index in [0.717, 1.165) is 22.4 Å². The molecule has 2 heterocycles. The topological polar surface area (TPSA) is 41.6 Å². The van der Waals surface area contributed by atoms with E-state index < -0.39 is 0 Å². The van der Waals surface area contributed by atoms with Crippen LogP contribution >= 0.6 is 0 Å². The first kappa shape index (κ1) is 9.03. The molecular weight excluding hydrogens is 205 g/mol. The van der Waals surface area contributed by atoms with Gasteiger partial charge < -0.3 is 4.98 Å². The molecule has 0 aliphatic rings. The second-order valence-corrected chi connectivity index (χ2v) is 3.47. The van der Waals surface area contributed by atoms with Gasteiger partial charge in [-0.25, -0.2) is 14.4 Å². The number of nitrogens with zero attached hydrogens (tertiary/aromatic N) is 2. The van der Waals surface area contributed by atoms with Gasteiger partial charge in [-0.2, -0.15) is 0 Å². The summed E-state index contributed by atoms with van der Waals surface area (Å²) < 4.78 is 12.8. The Kier molecular flexibility index (Phi) is 1.93. The van der Waals surface area contributed by atoms with Crippen molar-refractivity contribution in [1.29, 1.82) is 0 Å². The van der Waals surface area contributed by atoms with E-state index in [1.807, 2.05) is 6.07 Å². The van der Waals surface area contributed by atoms with Crippen LogP contribution in [0.4, 0.5) is 4.39 Å². The number of aromatic nitrogens is 3. The molecule has 0 radical (unpaired) electrons. The van der Waals surface area contributed by atoms with E-state index in [1.54, 1.807) is 24.5 Å². The predicted molar refractivity (Wildman–Crippen MR) is 59.3 cm³/mol. The van der Waals surface area contributed by atoms with E-state index in [1.165, 1.54) is 12.1 Å². The summed E-state index contributed by atoms with van der Waals surface area (Å²) in [6.07, 6.45) is 3.46. The summed E-state index contributed by atoms with van der Waals surface area (Å²) in [7, 11) is 0. The summed E-state index contributed by atoms with van der Waals surface area (Å²) in [4.78, 5) is 11.6. The fourth-order valence-corrected chi connectivity index (χ4v) is 1.59. The first-order valence-electron chi connectivity index (χ1n) is 4.89. The third-order valence-electron chi connectivity index (χ3n) is 2.40. The minimum atomic E-state index is -0.251. The molecule has 78 valence electrons. The number of halogens is 1. The van der Waals surface area contributed by atoms with Crippen LogP contribution in [0.2, 0.25) is 0 Å². The molecule has 0 saturated carbocycles. The quantitative estimate of drug-likeness (QED) is 0.675. The number of H-pyrrole nitrogens is 1. The Bertz CT molecular complexity index is 628. The molecule has 16 heavy (non-hydrogen) atoms. The van der Waals surface area contributed by atoms with E-state index in [2.05, 4.69) is 15.0 Å². The number of hydrogen-bond donors (Lipinski definition) is 1. The number of fused-ring (bicyclic) bond motifs is 1. The van der Waals surface area contributed by atoms with Gasteiger partial charge in [0.2, 0.25) is 0 Å². The highest BCUT2D eigenvalue weighted by Gasteiger charge is 2.02. The molecule has 3 rings (SSSR count). The summed E-state index contributed by atoms with van der Waals surface area (Å²) in [5, 5.41) is 0. The van der Waals surface area contributed by atoms with Crippen LogP contribution in [-0.4, -0.2) is 15.0 Å². The van der Waals surface area contributed by atoms with Gasteiger partial charge in [-0.15, -0.1) is 0 Å². The molecule has 4 heteroatoms. The highest BCUT2D eigenvalue weighted by Crippen LogP contribution is 2.18. The molecule has 0 amide bonds. The Hall–Kier alpha value is -2.23. The minimum Gasteiger partial charge on any atom is -0.345 e. The molecule has 3 nitrogen and oxygen atoms in total. The first-order valence-corrected chi connectivity index (χ1v) is 4.89. The normalized spacial score (nSPS) is 10.8. The van der Waals surface area contributed by atoms with Crippen LogP contribution in [0.15, 0.2) is 42.7 Å². The van der Waals surface area contributed by atoms with Crippen molar-refractivity contribution in [1.82, 2.24) is 15.0 Å². The van der Waals surface area contributed by atoms with Crippen molar-refractivity contribution < 1.29 is 4.39 Å². The van der Waals surface area contributed by atoms with Gasteiger partial charge in [0.15, 0.2) is 5.65 Å². The highest BCUT2D eigenvalue weighted by atomic mass is 19.1. The Morgan fingerprint density at radius 3 is 2.69 bits per heavy atom. The van der Waals surface area contributed by atoms with Gasteiger partial charge in [-0.1, -0.05) is 0 Å². The van der Waals surface area contributed by atoms with E-state index in [4.69, 9.17) is 0 Å². The fraction of sp³-hybridized carbons (Fsp3) is 0. The van der Waals surface area contributed by atoms with Gasteiger partial charge in [-0.05, 0) is 30.3 Å². The van der Waals surface area contributed by atoms with Crippen LogP contribution < -0.4 is 0 Å². The van der Waals surface area contributed by atoms with Crippen LogP contribution in [-0.2, 0) is 0 Å². The maximum Gasteiger partial charge on any atom is 0.156 e. The van der Waals surface area contributed by atoms with Gasteiger partial charge in [0.05, 0.1) is 11.9 Å². The maximum atomic E-state index is 12.8. The van der Waals surface area contributed by atoms with E-state index in [0.29, 0.717) is 0 Å². The molecule has 0 aliphatic carbocycles. The van der Waals surface area contributed by atoms with E-state index >= 15 is 0 Å². The van der Waals surface area contributed by atoms with Crippen LogP contribution in [0.5, 0.6) is 0 Å². The smallest absolute Gasteiger partial charge is 0.156 e. The molecule has 0 saturated heterocycles. The largest absolute Gasteiger partial charge is 0.345 e. The summed E-state index contributed by atoms with van der Waals surface area (Å²) >= 11 is 0. The lowest BCUT2D eigenvalue weighted by molar-refractivity contribution is 0.628. The van der Waals surface area contributed by atoms with Gasteiger partial charge in [-0.3, -0.25) is 0 Å². The Morgan fingerprint density at radius 2 is 1.88 bits per heavy atom. The van der Waals surface area contributed by atoms with Crippen molar-refractivity contribution in [3.05, 3.63) is 48.5 Å². The van der Waals surface area contributed by atoms with E-state index in [9.17, 15) is 4.39 Å². The van der Waals surface area contributed by atoms with E-state index in [-0.39, 0.29) is 5.82 Å². The minimum absolute atomic E-state index is 0.251. The second-order valence-electron chi connectivity index (χ2n) is 3.47. The van der Waals surface area contributed by atoms with Gasteiger partial charge in [0, 0.05) is 11.8 Å². The molecule has 0 fully saturated rings. The van der Waals surface area contributed by atoms with Crippen LogP contribution in [0.3, 0.4) is 0 Å². The SMILES string of the molecule is Fc1ccc(-c2cnc3[nH]ccc3n2)cc1. The summed E-state index contributed by atoms with van der Waals surface area (Å²) in [5.74, 6) is -0.251. The van der Waals surface area contributed by atoms with Gasteiger partial charge >= 0.3 is 0 Å². The lowest BCUT2D eigenvalue weighted by Gasteiger charge is -1.99. The molecular formula is C12H8FN3. The standard InChI is InChI=1S/C12H8FN3/c13-9-3-1-8(2-4-9)11-7-15-12-10(16-11)5-6-14-12/h1-7H,(H,14,15). The summed E-state index contributed by atoms with van der Waals surface area (Å²) in [6, 6.07) is 8.07. The monoisotopic (exact) mass is 213 g/mol. The molecule has 1 N–H and O–H groups in total. The van der Waals surface area contributed by atoms with Gasteiger partial charge in [0.1, 0.15) is 11.3 Å². The molecule has 3 aromatic rings. The lowest BCUT2D eigenvalue weighted by Crippen LogP contribution is -1.87. The number of hydrogen-bond acceptors (Lipinski definition) is 2.